The van der Waals surface area contributed by atoms with Gasteiger partial charge in [0.05, 0.1) is 78.6 Å². The van der Waals surface area contributed by atoms with Crippen molar-refractivity contribution >= 4 is 29.6 Å². The van der Waals surface area contributed by atoms with E-state index in [0.717, 1.165) is 18.6 Å². The summed E-state index contributed by atoms with van der Waals surface area (Å²) in [7, 11) is 1.59. The largest absolute Gasteiger partial charge is 0.497 e. The van der Waals surface area contributed by atoms with E-state index in [1.165, 1.54) is 0 Å². The average Bonchev–Trinajstić information content (AvgIpc) is 2.91. The number of anilines is 1. The number of carbonyl (C=O) groups is 2. The molecule has 0 fully saturated rings. The quantitative estimate of drug-likeness (QED) is 0.0700. The molecule has 0 radical (unpaired) electrons. The number of carbonyl (C=O) groups excluding carboxylic acids is 1. The summed E-state index contributed by atoms with van der Waals surface area (Å²) in [5.74, 6) is 5.28. The third-order valence-electron chi connectivity index (χ3n) is 4.84. The van der Waals surface area contributed by atoms with Gasteiger partial charge in [0.25, 0.3) is 0 Å². The summed E-state index contributed by atoms with van der Waals surface area (Å²) in [6.07, 6.45) is 3.88. The van der Waals surface area contributed by atoms with Gasteiger partial charge in [0.1, 0.15) is 5.75 Å². The number of nitrogens with two attached hydrogens (primary N) is 1. The van der Waals surface area contributed by atoms with Crippen molar-refractivity contribution in [2.24, 2.45) is 15.9 Å². The van der Waals surface area contributed by atoms with E-state index in [1.54, 1.807) is 37.6 Å². The smallest absolute Gasteiger partial charge is 0.319 e. The summed E-state index contributed by atoms with van der Waals surface area (Å²) < 4.78 is 26.4. The Labute approximate surface area is 223 Å². The molecule has 214 valence electrons. The number of methoxy groups -OCH3 is 1. The molecule has 0 aliphatic heterocycles. The molecule has 1 rings (SSSR count). The number of nitrogens with zero attached hydrogens (tertiary/aromatic N) is 2. The van der Waals surface area contributed by atoms with Crippen molar-refractivity contribution in [2.45, 2.75) is 25.7 Å². The van der Waals surface area contributed by atoms with E-state index < -0.39 is 5.97 Å². The lowest BCUT2D eigenvalue weighted by molar-refractivity contribution is -0.138. The van der Waals surface area contributed by atoms with E-state index in [9.17, 15) is 9.59 Å². The zero-order valence-corrected chi connectivity index (χ0v) is 22.1. The SMILES string of the molecule is COc1ccc(NC(=O)NCCCC/C(C=NCCOCCOCCOCCOCCC(=O)O)=N/N)cc1. The fourth-order valence-corrected chi connectivity index (χ4v) is 2.85. The van der Waals surface area contributed by atoms with E-state index >= 15 is 0 Å². The van der Waals surface area contributed by atoms with Crippen LogP contribution in [0.5, 0.6) is 5.75 Å². The summed E-state index contributed by atoms with van der Waals surface area (Å²) in [5, 5.41) is 17.8. The summed E-state index contributed by atoms with van der Waals surface area (Å²) in [4.78, 5) is 26.5. The predicted molar refractivity (Wildman–Crippen MR) is 144 cm³/mol. The van der Waals surface area contributed by atoms with Crippen LogP contribution in [0.1, 0.15) is 25.7 Å². The Morgan fingerprint density at radius 3 is 2.08 bits per heavy atom. The Balaban J connectivity index is 1.93. The number of ether oxygens (including phenoxy) is 5. The van der Waals surface area contributed by atoms with Crippen molar-refractivity contribution in [2.75, 3.05) is 78.4 Å². The molecule has 38 heavy (non-hydrogen) atoms. The number of aliphatic imine (C=N–C) groups is 1. The maximum atomic E-state index is 11.9. The molecule has 13 heteroatoms. The number of hydrogen-bond donors (Lipinski definition) is 4. The molecular formula is C25H41N5O8. The first-order valence-electron chi connectivity index (χ1n) is 12.5. The Morgan fingerprint density at radius 2 is 1.50 bits per heavy atom. The van der Waals surface area contributed by atoms with Gasteiger partial charge in [0.2, 0.25) is 0 Å². The van der Waals surface area contributed by atoms with Gasteiger partial charge in [-0.2, -0.15) is 5.10 Å². The van der Waals surface area contributed by atoms with Gasteiger partial charge in [0, 0.05) is 18.4 Å². The van der Waals surface area contributed by atoms with Gasteiger partial charge in [-0.15, -0.1) is 0 Å². The highest BCUT2D eigenvalue weighted by molar-refractivity contribution is 6.30. The standard InChI is InChI=1S/C25H41N5O8/c1-34-23-7-5-21(6-8-23)29-25(33)28-10-3-2-4-22(30-26)20-27-11-13-36-15-17-38-19-18-37-16-14-35-12-9-24(31)32/h5-8,20H,2-4,9-19,26H2,1H3,(H,31,32)(H2,28,29,33)/b27-20?,30-22-. The molecule has 0 saturated heterocycles. The van der Waals surface area contributed by atoms with Crippen LogP contribution in [0.2, 0.25) is 0 Å². The molecule has 0 bridgehead atoms. The van der Waals surface area contributed by atoms with Gasteiger partial charge in [-0.25, -0.2) is 4.79 Å². The molecule has 0 unspecified atom stereocenters. The van der Waals surface area contributed by atoms with E-state index in [1.807, 2.05) is 0 Å². The van der Waals surface area contributed by atoms with Gasteiger partial charge in [-0.05, 0) is 43.5 Å². The second kappa shape index (κ2) is 22.9. The van der Waals surface area contributed by atoms with Crippen molar-refractivity contribution in [3.8, 4) is 5.75 Å². The van der Waals surface area contributed by atoms with Gasteiger partial charge < -0.3 is 45.3 Å². The van der Waals surface area contributed by atoms with E-state index in [0.29, 0.717) is 77.2 Å². The minimum absolute atomic E-state index is 0.00982. The number of amides is 2. The maximum Gasteiger partial charge on any atom is 0.319 e. The van der Waals surface area contributed by atoms with Gasteiger partial charge in [0.15, 0.2) is 0 Å². The summed E-state index contributed by atoms with van der Waals surface area (Å²) >= 11 is 0. The van der Waals surface area contributed by atoms with Crippen molar-refractivity contribution in [3.63, 3.8) is 0 Å². The number of urea groups is 1. The topological polar surface area (TPSA) is 175 Å². The second-order valence-corrected chi connectivity index (χ2v) is 7.82. The molecule has 2 amide bonds. The molecule has 0 aromatic heterocycles. The van der Waals surface area contributed by atoms with Crippen LogP contribution in [-0.2, 0) is 23.7 Å². The lowest BCUT2D eigenvalue weighted by atomic mass is 10.2. The van der Waals surface area contributed by atoms with Gasteiger partial charge in [-0.3, -0.25) is 9.79 Å². The number of aliphatic carboxylic acids is 1. The molecule has 0 saturated carbocycles. The van der Waals surface area contributed by atoms with Crippen molar-refractivity contribution in [3.05, 3.63) is 24.3 Å². The molecule has 1 aromatic carbocycles. The monoisotopic (exact) mass is 539 g/mol. The van der Waals surface area contributed by atoms with Crippen LogP contribution < -0.4 is 21.2 Å². The molecule has 0 atom stereocenters. The molecule has 0 heterocycles. The molecule has 1 aromatic rings. The summed E-state index contributed by atoms with van der Waals surface area (Å²) in [6, 6.07) is 6.83. The van der Waals surface area contributed by atoms with Crippen LogP contribution in [0.15, 0.2) is 34.4 Å². The first kappa shape index (κ1) is 32.8. The van der Waals surface area contributed by atoms with Crippen LogP contribution in [0.25, 0.3) is 0 Å². The first-order valence-corrected chi connectivity index (χ1v) is 12.5. The minimum atomic E-state index is -0.881. The minimum Gasteiger partial charge on any atom is -0.497 e. The number of carboxylic acids is 1. The molecular weight excluding hydrogens is 498 g/mol. The molecule has 0 aliphatic rings. The fraction of sp³-hybridized carbons (Fsp3) is 0.600. The van der Waals surface area contributed by atoms with Crippen LogP contribution in [0.3, 0.4) is 0 Å². The number of benzene rings is 1. The zero-order valence-electron chi connectivity index (χ0n) is 22.1. The zero-order chi connectivity index (χ0) is 27.7. The molecule has 5 N–H and O–H groups in total. The summed E-state index contributed by atoms with van der Waals surface area (Å²) in [6.45, 7) is 4.17. The Bertz CT molecular complexity index is 820. The normalized spacial score (nSPS) is 11.6. The van der Waals surface area contributed by atoms with Gasteiger partial charge in [-0.1, -0.05) is 0 Å². The third kappa shape index (κ3) is 18.9. The van der Waals surface area contributed by atoms with Crippen LogP contribution in [0, 0.1) is 0 Å². The van der Waals surface area contributed by atoms with E-state index in [4.69, 9.17) is 34.6 Å². The highest BCUT2D eigenvalue weighted by Crippen LogP contribution is 2.14. The number of nitrogens with one attached hydrogen (secondary N) is 2. The van der Waals surface area contributed by atoms with E-state index in [2.05, 4.69) is 20.7 Å². The average molecular weight is 540 g/mol. The predicted octanol–water partition coefficient (Wildman–Crippen LogP) is 1.91. The van der Waals surface area contributed by atoms with E-state index in [-0.39, 0.29) is 19.1 Å². The second-order valence-electron chi connectivity index (χ2n) is 7.82. The number of hydrogen-bond acceptors (Lipinski definition) is 10. The number of carboxylic acid groups (broad SMARTS) is 1. The van der Waals surface area contributed by atoms with Crippen LogP contribution in [0.4, 0.5) is 10.5 Å². The highest BCUT2D eigenvalue weighted by atomic mass is 16.6. The van der Waals surface area contributed by atoms with Gasteiger partial charge >= 0.3 is 12.0 Å². The van der Waals surface area contributed by atoms with Crippen molar-refractivity contribution in [1.29, 1.82) is 0 Å². The molecule has 0 spiro atoms. The number of unbranched alkanes of at least 4 members (excludes halogenated alkanes) is 1. The lowest BCUT2D eigenvalue weighted by Gasteiger charge is -2.08. The molecule has 0 aliphatic carbocycles. The third-order valence-corrected chi connectivity index (χ3v) is 4.84. The Hall–Kier alpha value is -3.26. The van der Waals surface area contributed by atoms with Crippen molar-refractivity contribution in [1.82, 2.24) is 5.32 Å². The fourth-order valence-electron chi connectivity index (χ4n) is 2.85. The summed E-state index contributed by atoms with van der Waals surface area (Å²) in [5.41, 5.74) is 1.37. The molecule has 13 nitrogen and oxygen atoms in total. The Morgan fingerprint density at radius 1 is 0.895 bits per heavy atom. The Kier molecular flexibility index (Phi) is 19.7. The number of hydrazone groups is 1. The lowest BCUT2D eigenvalue weighted by Crippen LogP contribution is -2.29. The van der Waals surface area contributed by atoms with Crippen LogP contribution >= 0.6 is 0 Å². The maximum absolute atomic E-state index is 11.9. The first-order chi connectivity index (χ1) is 18.5. The number of rotatable bonds is 23. The van der Waals surface area contributed by atoms with Crippen molar-refractivity contribution < 1.29 is 38.4 Å². The van der Waals surface area contributed by atoms with Crippen LogP contribution in [-0.4, -0.2) is 102 Å². The highest BCUT2D eigenvalue weighted by Gasteiger charge is 2.02.